The SMILES string of the molecule is N#Cc1ccc(C(=O)Nc2c(Cl)cc(C(F)(C(F)(F)F)C(F)(F)C(F)(F)F)cc2Br)c(F)c1. The van der Waals surface area contributed by atoms with Crippen molar-refractivity contribution >= 4 is 39.1 Å². The fraction of sp³-hybridized carbons (Fsp3) is 0.222. The zero-order valence-corrected chi connectivity index (χ0v) is 17.6. The van der Waals surface area contributed by atoms with Crippen LogP contribution in [-0.2, 0) is 5.67 Å². The average molecular weight is 572 g/mol. The largest absolute Gasteiger partial charge is 0.457 e. The molecule has 0 fully saturated rings. The number of hydrogen-bond donors (Lipinski definition) is 1. The van der Waals surface area contributed by atoms with Crippen molar-refractivity contribution in [3.8, 4) is 6.07 Å². The van der Waals surface area contributed by atoms with Crippen LogP contribution in [0.5, 0.6) is 0 Å². The molecule has 1 amide bonds. The molecule has 1 atom stereocenters. The minimum atomic E-state index is -6.93. The molecule has 0 heterocycles. The maximum absolute atomic E-state index is 14.6. The zero-order chi connectivity index (χ0) is 25.6. The molecular weight excluding hydrogens is 566 g/mol. The van der Waals surface area contributed by atoms with Gasteiger partial charge in [-0.05, 0) is 46.3 Å². The molecule has 2 rings (SSSR count). The van der Waals surface area contributed by atoms with Gasteiger partial charge in [0.1, 0.15) is 5.82 Å². The van der Waals surface area contributed by atoms with Crippen LogP contribution >= 0.6 is 27.5 Å². The number of anilines is 1. The van der Waals surface area contributed by atoms with Crippen molar-refractivity contribution in [2.75, 3.05) is 5.32 Å². The third-order valence-corrected chi connectivity index (χ3v) is 5.12. The lowest BCUT2D eigenvalue weighted by molar-refractivity contribution is -0.389. The summed E-state index contributed by atoms with van der Waals surface area (Å²) in [7, 11) is 0. The lowest BCUT2D eigenvalue weighted by Crippen LogP contribution is -2.59. The van der Waals surface area contributed by atoms with Gasteiger partial charge in [0.15, 0.2) is 0 Å². The molecule has 33 heavy (non-hydrogen) atoms. The summed E-state index contributed by atoms with van der Waals surface area (Å²) < 4.78 is 132. The minimum absolute atomic E-state index is 0.0796. The van der Waals surface area contributed by atoms with Gasteiger partial charge >= 0.3 is 23.9 Å². The lowest BCUT2D eigenvalue weighted by atomic mass is 9.87. The van der Waals surface area contributed by atoms with E-state index in [4.69, 9.17) is 16.9 Å². The average Bonchev–Trinajstić information content (AvgIpc) is 2.67. The van der Waals surface area contributed by atoms with Crippen LogP contribution in [0.25, 0.3) is 0 Å². The first-order valence-corrected chi connectivity index (χ1v) is 9.26. The second-order valence-corrected chi connectivity index (χ2v) is 7.57. The molecule has 1 unspecified atom stereocenters. The quantitative estimate of drug-likeness (QED) is 0.392. The van der Waals surface area contributed by atoms with Crippen LogP contribution in [0.4, 0.5) is 49.6 Å². The van der Waals surface area contributed by atoms with Crippen molar-refractivity contribution in [2.24, 2.45) is 0 Å². The molecule has 0 saturated carbocycles. The summed E-state index contributed by atoms with van der Waals surface area (Å²) in [5, 5.41) is 9.51. The molecule has 0 aliphatic heterocycles. The molecule has 178 valence electrons. The summed E-state index contributed by atoms with van der Waals surface area (Å²) in [6.07, 6.45) is -13.7. The van der Waals surface area contributed by atoms with Crippen molar-refractivity contribution in [2.45, 2.75) is 23.9 Å². The fourth-order valence-corrected chi connectivity index (χ4v) is 3.50. The Hall–Kier alpha value is -2.53. The summed E-state index contributed by atoms with van der Waals surface area (Å²) in [6, 6.07) is 3.91. The number of nitrogens with zero attached hydrogens (tertiary/aromatic N) is 1. The minimum Gasteiger partial charge on any atom is -0.320 e. The number of nitrogens with one attached hydrogen (secondary N) is 1. The predicted molar refractivity (Wildman–Crippen MR) is 98.1 cm³/mol. The van der Waals surface area contributed by atoms with Gasteiger partial charge in [-0.15, -0.1) is 0 Å². The normalized spacial score (nSPS) is 14.4. The van der Waals surface area contributed by atoms with E-state index >= 15 is 0 Å². The van der Waals surface area contributed by atoms with E-state index in [1.807, 2.05) is 5.32 Å². The molecule has 0 bridgehead atoms. The molecule has 2 aromatic carbocycles. The first-order valence-electron chi connectivity index (χ1n) is 8.09. The number of alkyl halides is 9. The summed E-state index contributed by atoms with van der Waals surface area (Å²) in [5.74, 6) is -9.40. The molecule has 2 aromatic rings. The lowest BCUT2D eigenvalue weighted by Gasteiger charge is -2.36. The molecule has 3 nitrogen and oxygen atoms in total. The Morgan fingerprint density at radius 1 is 0.970 bits per heavy atom. The van der Waals surface area contributed by atoms with Crippen LogP contribution in [0.1, 0.15) is 21.5 Å². The molecule has 0 aliphatic rings. The Morgan fingerprint density at radius 3 is 1.97 bits per heavy atom. The van der Waals surface area contributed by atoms with Gasteiger partial charge < -0.3 is 5.32 Å². The highest BCUT2D eigenvalue weighted by Gasteiger charge is 2.81. The molecule has 0 aliphatic carbocycles. The van der Waals surface area contributed by atoms with Crippen molar-refractivity contribution in [3.05, 3.63) is 62.3 Å². The van der Waals surface area contributed by atoms with E-state index in [0.717, 1.165) is 12.1 Å². The Balaban J connectivity index is 2.58. The number of nitriles is 1. The number of amides is 1. The van der Waals surface area contributed by atoms with Gasteiger partial charge in [0.2, 0.25) is 0 Å². The first-order chi connectivity index (χ1) is 14.9. The standard InChI is InChI=1S/C18H6BrClF10N2O/c19-10-4-8(15(22,17(25,26)27)16(23,24)18(28,29)30)5-11(20)13(10)32-14(33)9-2-1-7(6-31)3-12(9)21/h1-5H,(H,32,33). The number of carbonyl (C=O) groups excluding carboxylic acids is 1. The van der Waals surface area contributed by atoms with Gasteiger partial charge in [0.05, 0.1) is 27.9 Å². The number of halogens is 12. The van der Waals surface area contributed by atoms with Crippen LogP contribution in [0.15, 0.2) is 34.8 Å². The van der Waals surface area contributed by atoms with Crippen LogP contribution < -0.4 is 5.32 Å². The maximum atomic E-state index is 14.6. The highest BCUT2D eigenvalue weighted by molar-refractivity contribution is 9.10. The number of benzene rings is 2. The summed E-state index contributed by atoms with van der Waals surface area (Å²) in [6.45, 7) is 0. The number of hydrogen-bond acceptors (Lipinski definition) is 2. The monoisotopic (exact) mass is 570 g/mol. The molecule has 0 saturated heterocycles. The summed E-state index contributed by atoms with van der Waals surface area (Å²) in [4.78, 5) is 12.2. The second-order valence-electron chi connectivity index (χ2n) is 6.30. The Bertz CT molecular complexity index is 1120. The van der Waals surface area contributed by atoms with E-state index in [2.05, 4.69) is 15.9 Å². The molecule has 15 heteroatoms. The van der Waals surface area contributed by atoms with Gasteiger partial charge in [-0.2, -0.15) is 40.4 Å². The Kier molecular flexibility index (Phi) is 7.03. The highest BCUT2D eigenvalue weighted by Crippen LogP contribution is 2.59. The third kappa shape index (κ3) is 4.61. The van der Waals surface area contributed by atoms with Crippen LogP contribution in [0.2, 0.25) is 5.02 Å². The molecule has 0 aromatic heterocycles. The van der Waals surface area contributed by atoms with Gasteiger partial charge in [-0.25, -0.2) is 8.78 Å². The zero-order valence-electron chi connectivity index (χ0n) is 15.3. The van der Waals surface area contributed by atoms with Crippen molar-refractivity contribution < 1.29 is 48.7 Å². The summed E-state index contributed by atoms with van der Waals surface area (Å²) in [5.41, 5.74) is -9.98. The molecule has 1 N–H and O–H groups in total. The Morgan fingerprint density at radius 2 is 1.55 bits per heavy atom. The van der Waals surface area contributed by atoms with E-state index in [0.29, 0.717) is 6.07 Å². The third-order valence-electron chi connectivity index (χ3n) is 4.20. The van der Waals surface area contributed by atoms with Crippen LogP contribution in [0.3, 0.4) is 0 Å². The topological polar surface area (TPSA) is 52.9 Å². The smallest absolute Gasteiger partial charge is 0.320 e. The maximum Gasteiger partial charge on any atom is 0.457 e. The van der Waals surface area contributed by atoms with Crippen molar-refractivity contribution in [1.29, 1.82) is 5.26 Å². The molecular formula is C18H6BrClF10N2O. The van der Waals surface area contributed by atoms with Crippen molar-refractivity contribution in [1.82, 2.24) is 0 Å². The van der Waals surface area contributed by atoms with Crippen molar-refractivity contribution in [3.63, 3.8) is 0 Å². The molecule has 0 radical (unpaired) electrons. The van der Waals surface area contributed by atoms with Gasteiger partial charge in [-0.1, -0.05) is 11.6 Å². The van der Waals surface area contributed by atoms with Crippen LogP contribution in [0, 0.1) is 17.1 Å². The second kappa shape index (κ2) is 8.68. The predicted octanol–water partition coefficient (Wildman–Crippen LogP) is 7.29. The van der Waals surface area contributed by atoms with E-state index < -0.39 is 62.0 Å². The first kappa shape index (κ1) is 26.7. The van der Waals surface area contributed by atoms with E-state index in [9.17, 15) is 48.7 Å². The van der Waals surface area contributed by atoms with Gasteiger partial charge in [0.25, 0.3) is 5.91 Å². The Labute approximate surface area is 191 Å². The highest BCUT2D eigenvalue weighted by atomic mass is 79.9. The molecule has 0 spiro atoms. The van der Waals surface area contributed by atoms with Gasteiger partial charge in [0, 0.05) is 10.0 Å². The van der Waals surface area contributed by atoms with E-state index in [-0.39, 0.29) is 17.7 Å². The van der Waals surface area contributed by atoms with Gasteiger partial charge in [-0.3, -0.25) is 4.79 Å². The van der Waals surface area contributed by atoms with E-state index in [1.54, 1.807) is 6.07 Å². The van der Waals surface area contributed by atoms with Crippen LogP contribution in [-0.4, -0.2) is 24.2 Å². The number of carbonyl (C=O) groups is 1. The number of rotatable bonds is 4. The fourth-order valence-electron chi connectivity index (χ4n) is 2.56. The summed E-state index contributed by atoms with van der Waals surface area (Å²) >= 11 is 8.15. The van der Waals surface area contributed by atoms with E-state index in [1.165, 1.54) is 0 Å².